The van der Waals surface area contributed by atoms with E-state index in [-0.39, 0.29) is 0 Å². The van der Waals surface area contributed by atoms with E-state index in [0.29, 0.717) is 11.1 Å². The van der Waals surface area contributed by atoms with Crippen molar-refractivity contribution in [1.82, 2.24) is 20.9 Å². The van der Waals surface area contributed by atoms with E-state index < -0.39 is 0 Å². The van der Waals surface area contributed by atoms with Crippen molar-refractivity contribution in [1.29, 1.82) is 0 Å². The number of nitrogens with one attached hydrogen (secondary N) is 2. The maximum absolute atomic E-state index is 5.84. The summed E-state index contributed by atoms with van der Waals surface area (Å²) in [6, 6.07) is 10.9. The first-order valence-corrected chi connectivity index (χ1v) is 18.8. The first kappa shape index (κ1) is 26.9. The third-order valence-electron chi connectivity index (χ3n) is 12.5. The molecule has 8 aliphatic carbocycles. The normalized spacial score (nSPS) is 36.5. The van der Waals surface area contributed by atoms with Crippen LogP contribution in [0.2, 0.25) is 0 Å². The molecule has 44 heavy (non-hydrogen) atoms. The van der Waals surface area contributed by atoms with Gasteiger partial charge in [-0.25, -0.2) is 0 Å². The summed E-state index contributed by atoms with van der Waals surface area (Å²) in [4.78, 5) is 3.64. The van der Waals surface area contributed by atoms with Gasteiger partial charge in [-0.05, 0) is 131 Å². The topological polar surface area (TPSA) is 76.1 Å². The van der Waals surface area contributed by atoms with Crippen LogP contribution in [0.5, 0.6) is 0 Å². The Bertz CT molecular complexity index is 1480. The van der Waals surface area contributed by atoms with Gasteiger partial charge >= 0.3 is 0 Å². The molecule has 0 saturated heterocycles. The highest BCUT2D eigenvalue weighted by atomic mass is 32.1. The van der Waals surface area contributed by atoms with Crippen LogP contribution in [0.25, 0.3) is 31.6 Å². The fourth-order valence-corrected chi connectivity index (χ4v) is 13.4. The second-order valence-electron chi connectivity index (χ2n) is 15.8. The third-order valence-corrected chi connectivity index (χ3v) is 14.7. The fourth-order valence-electron chi connectivity index (χ4n) is 11.5. The second kappa shape index (κ2) is 10.1. The lowest BCUT2D eigenvalue weighted by atomic mass is 9.53. The molecule has 0 unspecified atom stereocenters. The number of thiophene rings is 2. The smallest absolute Gasteiger partial charge is 0.168 e. The number of hydrogen-bond donors (Lipinski definition) is 2. The number of nitrogens with zero attached hydrogens (tertiary/aromatic N) is 2. The molecule has 0 atom stereocenters. The minimum Gasteiger partial charge on any atom is -0.359 e. The van der Waals surface area contributed by atoms with Crippen LogP contribution >= 0.6 is 22.7 Å². The molecule has 2 N–H and O–H groups in total. The molecule has 0 aliphatic heterocycles. The van der Waals surface area contributed by atoms with Crippen LogP contribution in [-0.4, -0.2) is 21.4 Å². The van der Waals surface area contributed by atoms with Gasteiger partial charge in [0.25, 0.3) is 0 Å². The summed E-state index contributed by atoms with van der Waals surface area (Å²) in [6.45, 7) is 1.58. The molecule has 8 aliphatic rings. The van der Waals surface area contributed by atoms with Crippen molar-refractivity contribution in [2.24, 2.45) is 35.5 Å². The standard InChI is InChI=1S/C36H42N4O2S2/c1-2-33(44-32(1)30-11-29(41-40-30)19-38-36-15-24-6-25(16-36)8-26(7-24)17-36)34-9-27(20-43-34)31-10-28(39-42-31)18-37-35-12-21-3-22(13-35)5-23(4-21)14-35/h1-2,9-11,20-26,37-38H,3-8,12-19H2. The van der Waals surface area contributed by atoms with Crippen LogP contribution in [0.3, 0.4) is 0 Å². The van der Waals surface area contributed by atoms with Crippen LogP contribution in [0.1, 0.15) is 88.5 Å². The van der Waals surface area contributed by atoms with Crippen LogP contribution in [0, 0.1) is 35.5 Å². The SMILES string of the molecule is c1sc(-c2ccc(-c3cc(CNC45CC6CC(CC(C6)C4)C5)on3)s2)cc1-c1cc(CNC23CC4CC(CC(C4)C2)C3)no1. The lowest BCUT2D eigenvalue weighted by Gasteiger charge is -2.57. The van der Waals surface area contributed by atoms with E-state index in [0.717, 1.165) is 81.9 Å². The Balaban J connectivity index is 0.783. The highest BCUT2D eigenvalue weighted by molar-refractivity contribution is 7.23. The van der Waals surface area contributed by atoms with Crippen molar-refractivity contribution < 1.29 is 9.05 Å². The zero-order chi connectivity index (χ0) is 28.9. The molecule has 0 spiro atoms. The Hall–Kier alpha value is -2.26. The highest BCUT2D eigenvalue weighted by Crippen LogP contribution is 2.57. The molecule has 8 heteroatoms. The zero-order valence-corrected chi connectivity index (χ0v) is 27.0. The van der Waals surface area contributed by atoms with Crippen molar-refractivity contribution >= 4 is 22.7 Å². The van der Waals surface area contributed by atoms with Gasteiger partial charge < -0.3 is 19.7 Å². The first-order valence-electron chi connectivity index (χ1n) is 17.1. The largest absolute Gasteiger partial charge is 0.359 e. The summed E-state index contributed by atoms with van der Waals surface area (Å²) in [5, 5.41) is 19.0. The predicted octanol–water partition coefficient (Wildman–Crippen LogP) is 8.90. The van der Waals surface area contributed by atoms with Gasteiger partial charge in [0.05, 0.1) is 17.1 Å². The van der Waals surface area contributed by atoms with E-state index in [1.165, 1.54) is 86.8 Å². The van der Waals surface area contributed by atoms with Gasteiger partial charge in [0.2, 0.25) is 0 Å². The first-order chi connectivity index (χ1) is 21.5. The maximum Gasteiger partial charge on any atom is 0.168 e. The molecular formula is C36H42N4O2S2. The Labute approximate surface area is 267 Å². The van der Waals surface area contributed by atoms with Crippen LogP contribution in [-0.2, 0) is 13.1 Å². The van der Waals surface area contributed by atoms with Gasteiger partial charge in [-0.15, -0.1) is 22.7 Å². The van der Waals surface area contributed by atoms with E-state index >= 15 is 0 Å². The van der Waals surface area contributed by atoms with Crippen molar-refractivity contribution in [2.45, 2.75) is 101 Å². The molecule has 8 fully saturated rings. The highest BCUT2D eigenvalue weighted by Gasteiger charge is 2.51. The van der Waals surface area contributed by atoms with E-state index in [4.69, 9.17) is 9.05 Å². The number of rotatable bonds is 9. The molecule has 6 nitrogen and oxygen atoms in total. The van der Waals surface area contributed by atoms with Crippen molar-refractivity contribution in [2.75, 3.05) is 0 Å². The van der Waals surface area contributed by atoms with E-state index in [9.17, 15) is 0 Å². The monoisotopic (exact) mass is 626 g/mol. The summed E-state index contributed by atoms with van der Waals surface area (Å²) >= 11 is 3.54. The Kier molecular flexibility index (Phi) is 6.19. The van der Waals surface area contributed by atoms with Gasteiger partial charge in [-0.1, -0.05) is 10.3 Å². The molecule has 0 amide bonds. The Morgan fingerprint density at radius 2 is 1.25 bits per heavy atom. The van der Waals surface area contributed by atoms with Crippen molar-refractivity contribution in [3.8, 4) is 31.6 Å². The third kappa shape index (κ3) is 4.78. The van der Waals surface area contributed by atoms with E-state index in [2.05, 4.69) is 56.7 Å². The minimum atomic E-state index is 0.337. The minimum absolute atomic E-state index is 0.337. The molecular weight excluding hydrogens is 585 g/mol. The molecule has 8 saturated carbocycles. The number of aromatic nitrogens is 2. The maximum atomic E-state index is 5.84. The quantitative estimate of drug-likeness (QED) is 0.193. The molecule has 4 aromatic heterocycles. The lowest BCUT2D eigenvalue weighted by Crippen LogP contribution is -2.58. The fraction of sp³-hybridized carbons (Fsp3) is 0.611. The molecule has 230 valence electrons. The Morgan fingerprint density at radius 3 is 1.89 bits per heavy atom. The summed E-state index contributed by atoms with van der Waals surface area (Å²) in [5.74, 6) is 7.48. The second-order valence-corrected chi connectivity index (χ2v) is 17.8. The average Bonchev–Trinajstić information content (AvgIpc) is 3.80. The predicted molar refractivity (Wildman–Crippen MR) is 174 cm³/mol. The summed E-state index contributed by atoms with van der Waals surface area (Å²) in [5.41, 5.74) is 3.74. The molecule has 0 radical (unpaired) electrons. The molecule has 4 aromatic rings. The summed E-state index contributed by atoms with van der Waals surface area (Å²) in [6.07, 6.45) is 17.0. The molecule has 8 bridgehead atoms. The van der Waals surface area contributed by atoms with Gasteiger partial charge in [0, 0.05) is 50.5 Å². The van der Waals surface area contributed by atoms with Crippen LogP contribution < -0.4 is 10.6 Å². The van der Waals surface area contributed by atoms with Gasteiger partial charge in [0.1, 0.15) is 5.69 Å². The number of hydrogen-bond acceptors (Lipinski definition) is 8. The van der Waals surface area contributed by atoms with Gasteiger partial charge in [0.15, 0.2) is 11.5 Å². The van der Waals surface area contributed by atoms with E-state index in [1.54, 1.807) is 22.7 Å². The van der Waals surface area contributed by atoms with Gasteiger partial charge in [-0.2, -0.15) is 0 Å². The van der Waals surface area contributed by atoms with E-state index in [1.807, 2.05) is 0 Å². The van der Waals surface area contributed by atoms with Crippen molar-refractivity contribution in [3.63, 3.8) is 0 Å². The molecule has 0 aromatic carbocycles. The molecule has 12 rings (SSSR count). The molecule has 4 heterocycles. The van der Waals surface area contributed by atoms with Crippen LogP contribution in [0.15, 0.2) is 44.8 Å². The van der Waals surface area contributed by atoms with Gasteiger partial charge in [-0.3, -0.25) is 0 Å². The Morgan fingerprint density at radius 1 is 0.659 bits per heavy atom. The average molecular weight is 627 g/mol. The summed E-state index contributed by atoms with van der Waals surface area (Å²) in [7, 11) is 0. The lowest BCUT2D eigenvalue weighted by molar-refractivity contribution is -0.0215. The summed E-state index contributed by atoms with van der Waals surface area (Å²) < 4.78 is 11.7. The van der Waals surface area contributed by atoms with Crippen LogP contribution in [0.4, 0.5) is 0 Å². The zero-order valence-electron chi connectivity index (χ0n) is 25.4. The van der Waals surface area contributed by atoms with Crippen molar-refractivity contribution in [3.05, 3.63) is 47.2 Å².